The molecule has 7 nitrogen and oxygen atoms in total. The number of carbonyl (C=O) groups is 1. The second-order valence-electron chi connectivity index (χ2n) is 7.07. The zero-order valence-electron chi connectivity index (χ0n) is 15.9. The van der Waals surface area contributed by atoms with Crippen LogP contribution in [0.1, 0.15) is 45.3 Å². The second kappa shape index (κ2) is 9.02. The summed E-state index contributed by atoms with van der Waals surface area (Å²) in [7, 11) is 1.70. The Morgan fingerprint density at radius 1 is 1.38 bits per heavy atom. The first-order valence-corrected chi connectivity index (χ1v) is 9.53. The van der Waals surface area contributed by atoms with Gasteiger partial charge in [-0.05, 0) is 32.9 Å². The highest BCUT2D eigenvalue weighted by Gasteiger charge is 2.23. The quantitative estimate of drug-likeness (QED) is 0.678. The highest BCUT2D eigenvalue weighted by atomic mass is 32.2. The first-order chi connectivity index (χ1) is 12.2. The van der Waals surface area contributed by atoms with Crippen molar-refractivity contribution in [1.82, 2.24) is 20.0 Å². The Hall–Kier alpha value is -2.09. The van der Waals surface area contributed by atoms with E-state index < -0.39 is 5.60 Å². The van der Waals surface area contributed by atoms with Crippen LogP contribution in [0.15, 0.2) is 33.9 Å². The van der Waals surface area contributed by atoms with Crippen molar-refractivity contribution < 1.29 is 14.1 Å². The lowest BCUT2D eigenvalue weighted by atomic mass is 10.1. The number of aryl methyl sites for hydroxylation is 1. The van der Waals surface area contributed by atoms with Crippen LogP contribution in [0.2, 0.25) is 0 Å². The number of ether oxygens (including phenoxy) is 1. The van der Waals surface area contributed by atoms with E-state index in [1.54, 1.807) is 25.0 Å². The van der Waals surface area contributed by atoms with E-state index in [1.807, 2.05) is 45.9 Å². The molecule has 26 heavy (non-hydrogen) atoms. The van der Waals surface area contributed by atoms with Crippen LogP contribution in [-0.2, 0) is 11.2 Å². The third-order valence-electron chi connectivity index (χ3n) is 3.38. The lowest BCUT2D eigenvalue weighted by Gasteiger charge is -2.25. The van der Waals surface area contributed by atoms with Crippen molar-refractivity contribution in [3.63, 3.8) is 0 Å². The first-order valence-electron chi connectivity index (χ1n) is 8.55. The van der Waals surface area contributed by atoms with Gasteiger partial charge in [0.05, 0.1) is 5.03 Å². The van der Waals surface area contributed by atoms with Crippen LogP contribution in [0.25, 0.3) is 0 Å². The SMILES string of the molecule is C[C@@H](CN(C)C(=O)OC(C)(C)C)c1noc(CCSc2ccccn2)n1. The summed E-state index contributed by atoms with van der Waals surface area (Å²) in [6, 6.07) is 5.82. The van der Waals surface area contributed by atoms with E-state index in [2.05, 4.69) is 15.1 Å². The molecular weight excluding hydrogens is 352 g/mol. The Bertz CT molecular complexity index is 700. The molecule has 0 aliphatic carbocycles. The second-order valence-corrected chi connectivity index (χ2v) is 8.19. The number of rotatable bonds is 7. The molecule has 1 amide bonds. The van der Waals surface area contributed by atoms with Crippen molar-refractivity contribution in [2.24, 2.45) is 0 Å². The number of likely N-dealkylation sites (N-methyl/N-ethyl adjacent to an activating group) is 1. The summed E-state index contributed by atoms with van der Waals surface area (Å²) in [4.78, 5) is 22.3. The van der Waals surface area contributed by atoms with E-state index in [4.69, 9.17) is 9.26 Å². The highest BCUT2D eigenvalue weighted by Crippen LogP contribution is 2.18. The topological polar surface area (TPSA) is 81.4 Å². The van der Waals surface area contributed by atoms with Crippen molar-refractivity contribution in [1.29, 1.82) is 0 Å². The summed E-state index contributed by atoms with van der Waals surface area (Å²) in [6.07, 6.45) is 2.08. The van der Waals surface area contributed by atoms with Gasteiger partial charge >= 0.3 is 6.09 Å². The Morgan fingerprint density at radius 2 is 2.15 bits per heavy atom. The van der Waals surface area contributed by atoms with E-state index in [0.29, 0.717) is 24.7 Å². The molecule has 0 aliphatic rings. The molecule has 142 valence electrons. The van der Waals surface area contributed by atoms with E-state index in [9.17, 15) is 4.79 Å². The van der Waals surface area contributed by atoms with Gasteiger partial charge < -0.3 is 14.2 Å². The molecule has 0 saturated heterocycles. The van der Waals surface area contributed by atoms with Crippen LogP contribution in [0.3, 0.4) is 0 Å². The molecule has 0 aliphatic heterocycles. The van der Waals surface area contributed by atoms with Gasteiger partial charge in [0.15, 0.2) is 5.82 Å². The normalized spacial score (nSPS) is 12.7. The summed E-state index contributed by atoms with van der Waals surface area (Å²) in [6.45, 7) is 7.94. The molecular formula is C18H26N4O3S. The molecule has 0 bridgehead atoms. The Balaban J connectivity index is 1.81. The summed E-state index contributed by atoms with van der Waals surface area (Å²) in [5.41, 5.74) is -0.515. The number of thioether (sulfide) groups is 1. The molecule has 0 saturated carbocycles. The van der Waals surface area contributed by atoms with Crippen LogP contribution in [-0.4, -0.2) is 51.1 Å². The van der Waals surface area contributed by atoms with Gasteiger partial charge in [-0.3, -0.25) is 0 Å². The fourth-order valence-corrected chi connectivity index (χ4v) is 2.95. The van der Waals surface area contributed by atoms with Crippen molar-refractivity contribution in [2.45, 2.75) is 50.7 Å². The predicted octanol–water partition coefficient (Wildman–Crippen LogP) is 3.77. The zero-order valence-corrected chi connectivity index (χ0v) is 16.7. The number of hydrogen-bond acceptors (Lipinski definition) is 7. The Morgan fingerprint density at radius 3 is 2.81 bits per heavy atom. The molecule has 2 rings (SSSR count). The van der Waals surface area contributed by atoms with Crippen LogP contribution < -0.4 is 0 Å². The summed E-state index contributed by atoms with van der Waals surface area (Å²) < 4.78 is 10.7. The van der Waals surface area contributed by atoms with Crippen molar-refractivity contribution >= 4 is 17.9 Å². The fourth-order valence-electron chi connectivity index (χ4n) is 2.15. The van der Waals surface area contributed by atoms with Crippen LogP contribution >= 0.6 is 11.8 Å². The van der Waals surface area contributed by atoms with Gasteiger partial charge in [0.25, 0.3) is 0 Å². The molecule has 0 spiro atoms. The lowest BCUT2D eigenvalue weighted by molar-refractivity contribution is 0.0289. The summed E-state index contributed by atoms with van der Waals surface area (Å²) in [5.74, 6) is 1.95. The number of hydrogen-bond donors (Lipinski definition) is 0. The molecule has 2 aromatic heterocycles. The van der Waals surface area contributed by atoms with Gasteiger partial charge in [-0.1, -0.05) is 18.1 Å². The van der Waals surface area contributed by atoms with Crippen molar-refractivity contribution in [3.05, 3.63) is 36.1 Å². The molecule has 2 heterocycles. The number of aromatic nitrogens is 3. The summed E-state index contributed by atoms with van der Waals surface area (Å²) in [5, 5.41) is 5.01. The van der Waals surface area contributed by atoms with E-state index >= 15 is 0 Å². The average molecular weight is 378 g/mol. The number of carbonyl (C=O) groups excluding carboxylic acids is 1. The van der Waals surface area contributed by atoms with Gasteiger partial charge in [0.1, 0.15) is 5.60 Å². The zero-order chi connectivity index (χ0) is 19.2. The standard InChI is InChI=1S/C18H26N4O3S/c1-13(12-22(5)17(23)24-18(2,3)4)16-20-14(25-21-16)9-11-26-15-8-6-7-10-19-15/h6-8,10,13H,9,11-12H2,1-5H3/t13-/m0/s1. The molecule has 0 fully saturated rings. The predicted molar refractivity (Wildman–Crippen MR) is 100 cm³/mol. The molecule has 1 atom stereocenters. The van der Waals surface area contributed by atoms with Crippen molar-refractivity contribution in [2.75, 3.05) is 19.3 Å². The third kappa shape index (κ3) is 6.67. The van der Waals surface area contributed by atoms with Gasteiger partial charge in [0.2, 0.25) is 5.89 Å². The largest absolute Gasteiger partial charge is 0.444 e. The molecule has 0 N–H and O–H groups in total. The number of pyridine rings is 1. The Labute approximate surface area is 158 Å². The number of nitrogens with zero attached hydrogens (tertiary/aromatic N) is 4. The van der Waals surface area contributed by atoms with Gasteiger partial charge in [-0.25, -0.2) is 9.78 Å². The maximum Gasteiger partial charge on any atom is 0.410 e. The smallest absolute Gasteiger partial charge is 0.410 e. The van der Waals surface area contributed by atoms with Crippen molar-refractivity contribution in [3.8, 4) is 0 Å². The third-order valence-corrected chi connectivity index (χ3v) is 4.33. The maximum absolute atomic E-state index is 12.0. The summed E-state index contributed by atoms with van der Waals surface area (Å²) >= 11 is 1.64. The average Bonchev–Trinajstić information content (AvgIpc) is 3.03. The highest BCUT2D eigenvalue weighted by molar-refractivity contribution is 7.99. The monoisotopic (exact) mass is 378 g/mol. The maximum atomic E-state index is 12.0. The molecule has 0 unspecified atom stereocenters. The first kappa shape index (κ1) is 20.2. The molecule has 8 heteroatoms. The number of amides is 1. The minimum Gasteiger partial charge on any atom is -0.444 e. The van der Waals surface area contributed by atoms with Crippen LogP contribution in [0, 0.1) is 0 Å². The molecule has 0 aromatic carbocycles. The Kier molecular flexibility index (Phi) is 7.02. The van der Waals surface area contributed by atoms with E-state index in [1.165, 1.54) is 4.90 Å². The minimum atomic E-state index is -0.515. The van der Waals surface area contributed by atoms with Gasteiger partial charge in [0, 0.05) is 37.9 Å². The van der Waals surface area contributed by atoms with E-state index in [-0.39, 0.29) is 12.0 Å². The van der Waals surface area contributed by atoms with E-state index in [0.717, 1.165) is 10.8 Å². The van der Waals surface area contributed by atoms with Crippen LogP contribution in [0.5, 0.6) is 0 Å². The molecule has 0 radical (unpaired) electrons. The lowest BCUT2D eigenvalue weighted by Crippen LogP contribution is -2.36. The van der Waals surface area contributed by atoms with Crippen LogP contribution in [0.4, 0.5) is 4.79 Å². The minimum absolute atomic E-state index is 0.0477. The van der Waals surface area contributed by atoms with Gasteiger partial charge in [-0.15, -0.1) is 11.8 Å². The fraction of sp³-hybridized carbons (Fsp3) is 0.556. The molecule has 2 aromatic rings. The van der Waals surface area contributed by atoms with Gasteiger partial charge in [-0.2, -0.15) is 4.98 Å².